The minimum Gasteiger partial charge on any atom is -0.455 e. The van der Waals surface area contributed by atoms with Crippen LogP contribution in [0.2, 0.25) is 5.02 Å². The van der Waals surface area contributed by atoms with Crippen LogP contribution in [-0.4, -0.2) is 162 Å². The molecule has 25 heteroatoms. The van der Waals surface area contributed by atoms with Gasteiger partial charge in [-0.1, -0.05) is 49.2 Å². The fourth-order valence-corrected chi connectivity index (χ4v) is 14.6. The van der Waals surface area contributed by atoms with Crippen molar-refractivity contribution in [3.8, 4) is 11.5 Å². The molecule has 3 saturated heterocycles. The topological polar surface area (TPSA) is 282 Å². The normalized spacial score (nSPS) is 20.9. The summed E-state index contributed by atoms with van der Waals surface area (Å²) in [5.74, 6) is -3.02. The molecule has 1 atom stereocenters. The molecule has 0 radical (unpaired) electrons. The number of fused-ring (bicyclic) bond motifs is 2. The minimum atomic E-state index is -4.66. The maximum Gasteiger partial charge on any atom is 0.293 e. The molecule has 1 unspecified atom stereocenters. The number of ether oxygens (including phenoxy) is 1. The summed E-state index contributed by atoms with van der Waals surface area (Å²) in [7, 11) is -4.66. The molecule has 6 aliphatic rings. The van der Waals surface area contributed by atoms with Gasteiger partial charge >= 0.3 is 0 Å². The van der Waals surface area contributed by atoms with Gasteiger partial charge in [-0.05, 0) is 134 Å². The number of hydrogen-bond acceptors (Lipinski definition) is 17. The molecule has 23 nitrogen and oxygen atoms in total. The third-order valence-electron chi connectivity index (χ3n) is 18.5. The highest BCUT2D eigenvalue weighted by Crippen LogP contribution is 2.44. The van der Waals surface area contributed by atoms with Gasteiger partial charge in [-0.2, -0.15) is 0 Å². The van der Waals surface area contributed by atoms with E-state index in [2.05, 4.69) is 71.3 Å². The van der Waals surface area contributed by atoms with Gasteiger partial charge in [0.1, 0.15) is 28.9 Å². The largest absolute Gasteiger partial charge is 0.455 e. The quantitative estimate of drug-likeness (QED) is 0.0306. The van der Waals surface area contributed by atoms with Crippen molar-refractivity contribution in [1.82, 2.24) is 39.6 Å². The summed E-state index contributed by atoms with van der Waals surface area (Å²) in [6, 6.07) is 24.2. The Morgan fingerprint density at radius 2 is 1.60 bits per heavy atom. The number of carbonyl (C=O) groups is 6. The molecule has 4 aromatic carbocycles. The average molecular weight is 1260 g/mol. The highest BCUT2D eigenvalue weighted by molar-refractivity contribution is 7.90. The van der Waals surface area contributed by atoms with Crippen molar-refractivity contribution in [1.29, 1.82) is 0 Å². The first kappa shape index (κ1) is 61.5. The van der Waals surface area contributed by atoms with E-state index in [9.17, 15) is 47.3 Å². The van der Waals surface area contributed by atoms with Crippen LogP contribution < -0.4 is 30.3 Å². The van der Waals surface area contributed by atoms with Crippen LogP contribution in [0.25, 0.3) is 16.6 Å². The van der Waals surface area contributed by atoms with E-state index in [0.717, 1.165) is 86.6 Å². The third-order valence-corrected chi connectivity index (χ3v) is 20.1. The van der Waals surface area contributed by atoms with Crippen LogP contribution in [0.1, 0.15) is 108 Å². The van der Waals surface area contributed by atoms with Crippen molar-refractivity contribution in [2.45, 2.75) is 88.6 Å². The number of pyridine rings is 1. The zero-order valence-electron chi connectivity index (χ0n) is 50.1. The second-order valence-corrected chi connectivity index (χ2v) is 27.1. The fourth-order valence-electron chi connectivity index (χ4n) is 13.4. The van der Waals surface area contributed by atoms with Gasteiger partial charge in [-0.25, -0.2) is 18.1 Å². The van der Waals surface area contributed by atoms with Crippen LogP contribution >= 0.6 is 11.6 Å². The number of carbonyl (C=O) groups excluding carboxylic acids is 6. The van der Waals surface area contributed by atoms with Crippen LogP contribution in [-0.2, 0) is 24.4 Å². The second-order valence-electron chi connectivity index (χ2n) is 24.9. The number of anilines is 3. The van der Waals surface area contributed by atoms with Crippen molar-refractivity contribution in [2.75, 3.05) is 87.5 Å². The summed E-state index contributed by atoms with van der Waals surface area (Å²) in [6.45, 7) is 11.1. The van der Waals surface area contributed by atoms with E-state index in [1.54, 1.807) is 41.4 Å². The van der Waals surface area contributed by atoms with Crippen molar-refractivity contribution >= 4 is 96.4 Å². The molecule has 0 spiro atoms. The number of nitro groups is 1. The summed E-state index contributed by atoms with van der Waals surface area (Å²) < 4.78 is 36.6. The number of aromatic nitrogens is 2. The number of allylic oxidation sites excluding steroid dienone is 1. The number of sulfonamides is 1. The Kier molecular flexibility index (Phi) is 17.5. The number of piperazine rings is 2. The molecule has 6 aromatic rings. The highest BCUT2D eigenvalue weighted by atomic mass is 35.5. The van der Waals surface area contributed by atoms with Gasteiger partial charge in [0.2, 0.25) is 17.7 Å². The first-order valence-electron chi connectivity index (χ1n) is 30.6. The zero-order valence-corrected chi connectivity index (χ0v) is 51.7. The Morgan fingerprint density at radius 3 is 2.34 bits per heavy atom. The Hall–Kier alpha value is -8.71. The standard InChI is InChI=1S/C65H71ClN12O11S/c1-65(2)22-20-43(51(35-65)41-8-10-44(66)11-9-41)39-73-24-26-75(27-25-73)46-14-16-49(56(33-46)89-47-32-42-21-23-67-60(42)70-37-47)61(81)72-90(87,88)48-15-17-52(55(34-48)78(85)86)68-36-40-6-12-45(13-7-40)74-28-30-76(31-29-74)58(80)38-69-53-5-3-4-50-59(53)64(84)77(63(50)83)54-18-19-57(79)71-62(54)82/h3-5,8-11,14-17,21,23,32-34,37,40,45,54,68-69H,6-7,12-13,18-20,22,24-31,35-36,38-39H2,1-2H3,(H,67,70)(H,72,81)(H,71,79,82). The number of benzene rings is 4. The first-order chi connectivity index (χ1) is 43.2. The van der Waals surface area contributed by atoms with Crippen LogP contribution in [0, 0.1) is 21.4 Å². The lowest BCUT2D eigenvalue weighted by Crippen LogP contribution is -2.54. The van der Waals surface area contributed by atoms with Crippen molar-refractivity contribution in [3.05, 3.63) is 146 Å². The van der Waals surface area contributed by atoms with Gasteiger partial charge < -0.3 is 30.2 Å². The third kappa shape index (κ3) is 13.3. The number of nitrogens with zero attached hydrogens (tertiary/aromatic N) is 7. The molecular weight excluding hydrogens is 1190 g/mol. The predicted molar refractivity (Wildman–Crippen MR) is 339 cm³/mol. The Morgan fingerprint density at radius 1 is 0.833 bits per heavy atom. The number of nitro benzene ring substituents is 1. The second kappa shape index (κ2) is 25.6. The molecule has 4 fully saturated rings. The average Bonchev–Trinajstić information content (AvgIpc) is 1.59. The van der Waals surface area contributed by atoms with Gasteiger partial charge in [0.15, 0.2) is 0 Å². The lowest BCUT2D eigenvalue weighted by atomic mass is 9.72. The number of rotatable bonds is 18. The number of imide groups is 2. The number of halogens is 1. The Balaban J connectivity index is 0.638. The molecule has 470 valence electrons. The van der Waals surface area contributed by atoms with Gasteiger partial charge in [-0.3, -0.25) is 58.9 Å². The minimum absolute atomic E-state index is 0.00347. The fraction of sp³-hybridized carbons (Fsp3) is 0.400. The van der Waals surface area contributed by atoms with E-state index < -0.39 is 61.1 Å². The lowest BCUT2D eigenvalue weighted by molar-refractivity contribution is -0.384. The van der Waals surface area contributed by atoms with E-state index in [-0.39, 0.29) is 70.8 Å². The van der Waals surface area contributed by atoms with Crippen molar-refractivity contribution in [2.24, 2.45) is 11.3 Å². The van der Waals surface area contributed by atoms with Gasteiger partial charge in [-0.15, -0.1) is 0 Å². The Bertz CT molecular complexity index is 3980. The summed E-state index contributed by atoms with van der Waals surface area (Å²) in [4.78, 5) is 107. The summed E-state index contributed by atoms with van der Waals surface area (Å²) in [6.07, 6.45) is 9.84. The molecule has 6 amide bonds. The van der Waals surface area contributed by atoms with Crippen LogP contribution in [0.5, 0.6) is 11.5 Å². The molecule has 90 heavy (non-hydrogen) atoms. The number of nitrogens with one attached hydrogen (secondary N) is 5. The number of amides is 6. The number of hydrogen-bond donors (Lipinski definition) is 5. The molecule has 12 rings (SSSR count). The lowest BCUT2D eigenvalue weighted by Gasteiger charge is -2.42. The number of piperidine rings is 1. The summed E-state index contributed by atoms with van der Waals surface area (Å²) in [5, 5.41) is 22.5. The van der Waals surface area contributed by atoms with Crippen LogP contribution in [0.15, 0.2) is 114 Å². The summed E-state index contributed by atoms with van der Waals surface area (Å²) in [5.41, 5.74) is 5.78. The van der Waals surface area contributed by atoms with Crippen molar-refractivity contribution < 1.29 is 46.8 Å². The molecule has 2 aromatic heterocycles. The number of aromatic amines is 1. The van der Waals surface area contributed by atoms with Crippen molar-refractivity contribution in [3.63, 3.8) is 0 Å². The zero-order chi connectivity index (χ0) is 63.0. The van der Waals surface area contributed by atoms with E-state index in [1.807, 2.05) is 18.2 Å². The predicted octanol–water partition coefficient (Wildman–Crippen LogP) is 8.45. The highest BCUT2D eigenvalue weighted by Gasteiger charge is 2.46. The maximum absolute atomic E-state index is 14.2. The molecule has 1 saturated carbocycles. The van der Waals surface area contributed by atoms with Gasteiger partial charge in [0, 0.05) is 118 Å². The molecule has 0 bridgehead atoms. The smallest absolute Gasteiger partial charge is 0.293 e. The molecule has 6 heterocycles. The van der Waals surface area contributed by atoms with E-state index in [0.29, 0.717) is 67.9 Å². The van der Waals surface area contributed by atoms with Crippen LogP contribution in [0.4, 0.5) is 22.7 Å². The molecule has 5 N–H and O–H groups in total. The maximum atomic E-state index is 14.2. The monoisotopic (exact) mass is 1260 g/mol. The Labute approximate surface area is 525 Å². The molecule has 4 aliphatic heterocycles. The van der Waals surface area contributed by atoms with E-state index >= 15 is 0 Å². The SMILES string of the molecule is CC1(C)CCC(CN2CCN(c3ccc(C(=O)NS(=O)(=O)c4ccc(NCC5CCC(N6CCN(C(=O)CNc7cccc8c7C(=O)N(C7CCC(=O)NC7=O)C8=O)CC6)CC5)c([N+](=O)[O-])c4)c(Oc4cnc5[nH]ccc5c4)c3)CC2)=C(c2ccc(Cl)cc2)C1. The van der Waals surface area contributed by atoms with Gasteiger partial charge in [0.25, 0.3) is 33.4 Å². The molecular formula is C65H71ClN12O11S. The summed E-state index contributed by atoms with van der Waals surface area (Å²) >= 11 is 6.27. The van der Waals surface area contributed by atoms with E-state index in [1.165, 1.54) is 47.2 Å². The van der Waals surface area contributed by atoms with Gasteiger partial charge in [0.05, 0.1) is 39.3 Å². The number of H-pyrrole nitrogens is 1. The first-order valence-corrected chi connectivity index (χ1v) is 32.5. The van der Waals surface area contributed by atoms with E-state index in [4.69, 9.17) is 16.3 Å². The van der Waals surface area contributed by atoms with Crippen LogP contribution in [0.3, 0.4) is 0 Å². The molecule has 2 aliphatic carbocycles.